The second-order valence-electron chi connectivity index (χ2n) is 5.08. The third-order valence-corrected chi connectivity index (χ3v) is 3.33. The fourth-order valence-corrected chi connectivity index (χ4v) is 2.12. The van der Waals surface area contributed by atoms with Crippen molar-refractivity contribution in [1.82, 2.24) is 4.57 Å². The first-order valence-corrected chi connectivity index (χ1v) is 6.48. The molecule has 0 saturated heterocycles. The molecule has 2 aromatic rings. The highest BCUT2D eigenvalue weighted by atomic mass is 16.4. The van der Waals surface area contributed by atoms with Gasteiger partial charge in [0.2, 0.25) is 0 Å². The van der Waals surface area contributed by atoms with Gasteiger partial charge in [0.05, 0.1) is 0 Å². The SMILES string of the molecule is Cc1ccc(C(=O)O)c(=O)n1-c1ccc(C(C)C)cc1. The smallest absolute Gasteiger partial charge is 0.341 e. The maximum atomic E-state index is 12.2. The number of aryl methyl sites for hydroxylation is 1. The summed E-state index contributed by atoms with van der Waals surface area (Å²) in [6.45, 7) is 5.97. The van der Waals surface area contributed by atoms with Crippen LogP contribution in [0, 0.1) is 6.92 Å². The normalized spacial score (nSPS) is 10.8. The molecule has 0 atom stereocenters. The van der Waals surface area contributed by atoms with Crippen molar-refractivity contribution in [2.24, 2.45) is 0 Å². The van der Waals surface area contributed by atoms with Gasteiger partial charge < -0.3 is 5.11 Å². The summed E-state index contributed by atoms with van der Waals surface area (Å²) in [5.74, 6) is -0.797. The van der Waals surface area contributed by atoms with Gasteiger partial charge in [0.25, 0.3) is 5.56 Å². The molecule has 4 heteroatoms. The molecule has 0 fully saturated rings. The maximum absolute atomic E-state index is 12.2. The van der Waals surface area contributed by atoms with E-state index in [2.05, 4.69) is 13.8 Å². The average molecular weight is 271 g/mol. The Morgan fingerprint density at radius 1 is 1.10 bits per heavy atom. The van der Waals surface area contributed by atoms with E-state index < -0.39 is 11.5 Å². The van der Waals surface area contributed by atoms with E-state index in [1.54, 1.807) is 13.0 Å². The number of benzene rings is 1. The Morgan fingerprint density at radius 3 is 2.20 bits per heavy atom. The lowest BCUT2D eigenvalue weighted by molar-refractivity contribution is 0.0694. The molecule has 20 heavy (non-hydrogen) atoms. The highest BCUT2D eigenvalue weighted by molar-refractivity contribution is 5.87. The number of hydrogen-bond donors (Lipinski definition) is 1. The van der Waals surface area contributed by atoms with E-state index in [1.807, 2.05) is 24.3 Å². The second kappa shape index (κ2) is 5.33. The van der Waals surface area contributed by atoms with Crippen LogP contribution in [0.3, 0.4) is 0 Å². The van der Waals surface area contributed by atoms with Gasteiger partial charge in [0.15, 0.2) is 0 Å². The van der Waals surface area contributed by atoms with Crippen molar-refractivity contribution < 1.29 is 9.90 Å². The van der Waals surface area contributed by atoms with Crippen LogP contribution in [0.15, 0.2) is 41.2 Å². The minimum Gasteiger partial charge on any atom is -0.477 e. The van der Waals surface area contributed by atoms with E-state index in [0.717, 1.165) is 0 Å². The minimum atomic E-state index is -1.21. The molecule has 104 valence electrons. The topological polar surface area (TPSA) is 59.3 Å². The number of carboxylic acids is 1. The number of nitrogens with zero attached hydrogens (tertiary/aromatic N) is 1. The summed E-state index contributed by atoms with van der Waals surface area (Å²) in [7, 11) is 0. The van der Waals surface area contributed by atoms with E-state index in [1.165, 1.54) is 16.2 Å². The molecule has 1 heterocycles. The maximum Gasteiger partial charge on any atom is 0.341 e. The van der Waals surface area contributed by atoms with Gasteiger partial charge in [-0.3, -0.25) is 9.36 Å². The van der Waals surface area contributed by atoms with Crippen LogP contribution in [0.25, 0.3) is 5.69 Å². The molecule has 1 aromatic carbocycles. The third kappa shape index (κ3) is 2.50. The first-order valence-electron chi connectivity index (χ1n) is 6.48. The fourth-order valence-electron chi connectivity index (χ4n) is 2.12. The van der Waals surface area contributed by atoms with Crippen LogP contribution in [0.4, 0.5) is 0 Å². The number of hydrogen-bond acceptors (Lipinski definition) is 2. The van der Waals surface area contributed by atoms with Crippen molar-refractivity contribution in [1.29, 1.82) is 0 Å². The van der Waals surface area contributed by atoms with E-state index in [-0.39, 0.29) is 5.56 Å². The second-order valence-corrected chi connectivity index (χ2v) is 5.08. The Balaban J connectivity index is 2.60. The van der Waals surface area contributed by atoms with Crippen LogP contribution in [0.1, 0.15) is 41.4 Å². The molecule has 0 unspecified atom stereocenters. The summed E-state index contributed by atoms with van der Waals surface area (Å²) in [6, 6.07) is 10.6. The van der Waals surface area contributed by atoms with Crippen molar-refractivity contribution in [2.45, 2.75) is 26.7 Å². The van der Waals surface area contributed by atoms with Gasteiger partial charge in [-0.1, -0.05) is 26.0 Å². The number of pyridine rings is 1. The average Bonchev–Trinajstić information content (AvgIpc) is 2.38. The zero-order chi connectivity index (χ0) is 14.9. The van der Waals surface area contributed by atoms with E-state index in [0.29, 0.717) is 17.3 Å². The van der Waals surface area contributed by atoms with Crippen LogP contribution >= 0.6 is 0 Å². The Bertz CT molecular complexity index is 697. The van der Waals surface area contributed by atoms with Gasteiger partial charge in [0.1, 0.15) is 5.56 Å². The number of aromatic carboxylic acids is 1. The highest BCUT2D eigenvalue weighted by Gasteiger charge is 2.13. The lowest BCUT2D eigenvalue weighted by Gasteiger charge is -2.12. The minimum absolute atomic E-state index is 0.219. The van der Waals surface area contributed by atoms with Gasteiger partial charge in [-0.15, -0.1) is 0 Å². The molecular formula is C16H17NO3. The van der Waals surface area contributed by atoms with E-state index in [4.69, 9.17) is 5.11 Å². The summed E-state index contributed by atoms with van der Waals surface area (Å²) in [4.78, 5) is 23.3. The molecule has 1 N–H and O–H groups in total. The van der Waals surface area contributed by atoms with Gasteiger partial charge >= 0.3 is 5.97 Å². The van der Waals surface area contributed by atoms with Gasteiger partial charge in [-0.2, -0.15) is 0 Å². The fraction of sp³-hybridized carbons (Fsp3) is 0.250. The van der Waals surface area contributed by atoms with E-state index >= 15 is 0 Å². The first kappa shape index (κ1) is 14.1. The zero-order valence-electron chi connectivity index (χ0n) is 11.8. The quantitative estimate of drug-likeness (QED) is 0.933. The molecule has 1 aromatic heterocycles. The summed E-state index contributed by atoms with van der Waals surface area (Å²) in [6.07, 6.45) is 0. The zero-order valence-corrected chi connectivity index (χ0v) is 11.8. The number of rotatable bonds is 3. The molecule has 0 aliphatic heterocycles. The van der Waals surface area contributed by atoms with E-state index in [9.17, 15) is 9.59 Å². The molecule has 0 bridgehead atoms. The van der Waals surface area contributed by atoms with Crippen molar-refractivity contribution in [2.75, 3.05) is 0 Å². The Labute approximate surface area is 117 Å². The lowest BCUT2D eigenvalue weighted by Crippen LogP contribution is -2.26. The molecular weight excluding hydrogens is 254 g/mol. The monoisotopic (exact) mass is 271 g/mol. The van der Waals surface area contributed by atoms with Crippen LogP contribution in [0.2, 0.25) is 0 Å². The predicted octanol–water partition coefficient (Wildman–Crippen LogP) is 2.97. The Kier molecular flexibility index (Phi) is 3.74. The molecule has 0 saturated carbocycles. The molecule has 0 aliphatic rings. The summed E-state index contributed by atoms with van der Waals surface area (Å²) < 4.78 is 1.42. The van der Waals surface area contributed by atoms with Crippen molar-refractivity contribution in [3.05, 3.63) is 63.6 Å². The summed E-state index contributed by atoms with van der Waals surface area (Å²) in [5.41, 5.74) is 1.84. The standard InChI is InChI=1S/C16H17NO3/c1-10(2)12-5-7-13(8-6-12)17-11(3)4-9-14(15(17)18)16(19)20/h4-10H,1-3H3,(H,19,20). The molecule has 0 radical (unpaired) electrons. The largest absolute Gasteiger partial charge is 0.477 e. The van der Waals surface area contributed by atoms with Crippen LogP contribution in [0.5, 0.6) is 0 Å². The lowest BCUT2D eigenvalue weighted by atomic mass is 10.0. The summed E-state index contributed by atoms with van der Waals surface area (Å²) >= 11 is 0. The van der Waals surface area contributed by atoms with Crippen molar-refractivity contribution in [3.8, 4) is 5.69 Å². The van der Waals surface area contributed by atoms with Gasteiger partial charge in [0, 0.05) is 11.4 Å². The first-order chi connectivity index (χ1) is 9.41. The molecule has 2 rings (SSSR count). The molecule has 4 nitrogen and oxygen atoms in total. The highest BCUT2D eigenvalue weighted by Crippen LogP contribution is 2.17. The van der Waals surface area contributed by atoms with Crippen LogP contribution in [-0.4, -0.2) is 15.6 Å². The van der Waals surface area contributed by atoms with Gasteiger partial charge in [-0.25, -0.2) is 4.79 Å². The Morgan fingerprint density at radius 2 is 1.70 bits per heavy atom. The van der Waals surface area contributed by atoms with Crippen molar-refractivity contribution >= 4 is 5.97 Å². The Hall–Kier alpha value is -2.36. The number of carboxylic acid groups (broad SMARTS) is 1. The van der Waals surface area contributed by atoms with Crippen molar-refractivity contribution in [3.63, 3.8) is 0 Å². The van der Waals surface area contributed by atoms with Crippen LogP contribution in [-0.2, 0) is 0 Å². The summed E-state index contributed by atoms with van der Waals surface area (Å²) in [5, 5.41) is 9.03. The molecule has 0 spiro atoms. The molecule has 0 amide bonds. The third-order valence-electron chi connectivity index (χ3n) is 3.33. The van der Waals surface area contributed by atoms with Gasteiger partial charge in [-0.05, 0) is 42.7 Å². The van der Waals surface area contributed by atoms with Crippen LogP contribution < -0.4 is 5.56 Å². The molecule has 0 aliphatic carbocycles. The predicted molar refractivity (Wildman–Crippen MR) is 77.8 cm³/mol. The number of aromatic nitrogens is 1. The number of carbonyl (C=O) groups is 1.